The van der Waals surface area contributed by atoms with Crippen molar-refractivity contribution in [3.8, 4) is 17.6 Å². The lowest BCUT2D eigenvalue weighted by Gasteiger charge is -2.09. The molecule has 106 valence electrons. The van der Waals surface area contributed by atoms with Crippen LogP contribution in [0.2, 0.25) is 10.0 Å². The van der Waals surface area contributed by atoms with Gasteiger partial charge in [-0.05, 0) is 24.6 Å². The maximum atomic E-state index is 11.0. The number of nitrogens with zero attached hydrogens (tertiary/aromatic N) is 2. The van der Waals surface area contributed by atoms with E-state index in [4.69, 9.17) is 33.2 Å². The van der Waals surface area contributed by atoms with E-state index in [1.165, 1.54) is 6.07 Å². The molecule has 0 saturated heterocycles. The molecule has 0 atom stereocenters. The quantitative estimate of drug-likeness (QED) is 0.596. The summed E-state index contributed by atoms with van der Waals surface area (Å²) in [5, 5.41) is 20.3. The Morgan fingerprint density at radius 2 is 1.86 bits per heavy atom. The molecule has 0 saturated carbocycles. The van der Waals surface area contributed by atoms with Gasteiger partial charge in [-0.15, -0.1) is 0 Å². The van der Waals surface area contributed by atoms with Crippen molar-refractivity contribution in [2.75, 3.05) is 0 Å². The van der Waals surface area contributed by atoms with Gasteiger partial charge in [-0.25, -0.2) is 0 Å². The summed E-state index contributed by atoms with van der Waals surface area (Å²) in [4.78, 5) is 10.4. The first kappa shape index (κ1) is 15.1. The number of nitro benzene ring substituents is 1. The number of benzene rings is 2. The number of nitriles is 1. The lowest BCUT2D eigenvalue weighted by Crippen LogP contribution is -1.95. The normalized spacial score (nSPS) is 10.0. The lowest BCUT2D eigenvalue weighted by molar-refractivity contribution is -0.385. The first-order valence-electron chi connectivity index (χ1n) is 5.74. The van der Waals surface area contributed by atoms with Gasteiger partial charge >= 0.3 is 5.69 Å². The Bertz CT molecular complexity index is 770. The van der Waals surface area contributed by atoms with Crippen LogP contribution in [-0.4, -0.2) is 4.92 Å². The standard InChI is InChI=1S/C14H8Cl2N2O3/c1-8-2-3-13(9(4-8)7-17)21-14-6-11(16)10(15)5-12(14)18(19)20/h2-6H,1H3. The van der Waals surface area contributed by atoms with Crippen molar-refractivity contribution >= 4 is 28.9 Å². The monoisotopic (exact) mass is 322 g/mol. The van der Waals surface area contributed by atoms with E-state index in [1.807, 2.05) is 13.0 Å². The highest BCUT2D eigenvalue weighted by Gasteiger charge is 2.20. The molecule has 2 aromatic rings. The topological polar surface area (TPSA) is 76.2 Å². The van der Waals surface area contributed by atoms with Gasteiger partial charge in [0.05, 0.1) is 20.5 Å². The van der Waals surface area contributed by atoms with E-state index in [9.17, 15) is 10.1 Å². The predicted octanol–water partition coefficient (Wildman–Crippen LogP) is 4.87. The molecule has 0 radical (unpaired) electrons. The van der Waals surface area contributed by atoms with E-state index >= 15 is 0 Å². The number of rotatable bonds is 3. The Hall–Kier alpha value is -2.29. The molecule has 0 aliphatic rings. The molecule has 0 aliphatic carbocycles. The van der Waals surface area contributed by atoms with Gasteiger partial charge in [0.25, 0.3) is 0 Å². The molecule has 0 spiro atoms. The second kappa shape index (κ2) is 6.00. The number of halogens is 2. The average molecular weight is 323 g/mol. The van der Waals surface area contributed by atoms with Crippen LogP contribution in [0.5, 0.6) is 11.5 Å². The highest BCUT2D eigenvalue weighted by Crippen LogP contribution is 2.38. The first-order chi connectivity index (χ1) is 9.92. The van der Waals surface area contributed by atoms with Crippen molar-refractivity contribution in [2.45, 2.75) is 6.92 Å². The Balaban J connectivity index is 2.52. The Morgan fingerprint density at radius 1 is 1.19 bits per heavy atom. The average Bonchev–Trinajstić information content (AvgIpc) is 2.44. The fourth-order valence-corrected chi connectivity index (χ4v) is 1.99. The van der Waals surface area contributed by atoms with Gasteiger partial charge in [0.1, 0.15) is 11.8 Å². The third kappa shape index (κ3) is 3.24. The molecule has 2 rings (SSSR count). The smallest absolute Gasteiger partial charge is 0.313 e. The van der Waals surface area contributed by atoms with Gasteiger partial charge in [-0.3, -0.25) is 10.1 Å². The maximum absolute atomic E-state index is 11.0. The molecule has 0 fully saturated rings. The number of hydrogen-bond donors (Lipinski definition) is 0. The van der Waals surface area contributed by atoms with Gasteiger partial charge in [-0.2, -0.15) is 5.26 Å². The highest BCUT2D eigenvalue weighted by molar-refractivity contribution is 6.42. The molecule has 2 aromatic carbocycles. The molecule has 0 heterocycles. The molecule has 7 heteroatoms. The van der Waals surface area contributed by atoms with Crippen molar-refractivity contribution < 1.29 is 9.66 Å². The summed E-state index contributed by atoms with van der Waals surface area (Å²) >= 11 is 11.6. The number of aryl methyl sites for hydroxylation is 1. The number of hydrogen-bond acceptors (Lipinski definition) is 4. The Kier molecular flexibility index (Phi) is 4.32. The minimum absolute atomic E-state index is 0.0557. The molecular formula is C14H8Cl2N2O3. The summed E-state index contributed by atoms with van der Waals surface area (Å²) in [5.74, 6) is 0.138. The van der Waals surface area contributed by atoms with E-state index in [1.54, 1.807) is 18.2 Å². The van der Waals surface area contributed by atoms with E-state index in [0.29, 0.717) is 0 Å². The largest absolute Gasteiger partial charge is 0.449 e. The zero-order valence-corrected chi connectivity index (χ0v) is 12.3. The summed E-state index contributed by atoms with van der Waals surface area (Å²) in [6.07, 6.45) is 0. The second-order valence-electron chi connectivity index (χ2n) is 4.20. The summed E-state index contributed by atoms with van der Waals surface area (Å²) < 4.78 is 5.48. The zero-order valence-electron chi connectivity index (χ0n) is 10.8. The molecule has 21 heavy (non-hydrogen) atoms. The lowest BCUT2D eigenvalue weighted by atomic mass is 10.1. The minimum Gasteiger partial charge on any atom is -0.449 e. The van der Waals surface area contributed by atoms with E-state index < -0.39 is 4.92 Å². The maximum Gasteiger partial charge on any atom is 0.313 e. The minimum atomic E-state index is -0.627. The summed E-state index contributed by atoms with van der Waals surface area (Å²) in [6.45, 7) is 1.83. The highest BCUT2D eigenvalue weighted by atomic mass is 35.5. The third-order valence-electron chi connectivity index (χ3n) is 2.67. The van der Waals surface area contributed by atoms with Crippen LogP contribution in [0.15, 0.2) is 30.3 Å². The zero-order chi connectivity index (χ0) is 15.6. The van der Waals surface area contributed by atoms with Crippen molar-refractivity contribution in [3.63, 3.8) is 0 Å². The van der Waals surface area contributed by atoms with Gasteiger partial charge in [-0.1, -0.05) is 29.3 Å². The molecule has 0 N–H and O–H groups in total. The first-order valence-corrected chi connectivity index (χ1v) is 6.50. The second-order valence-corrected chi connectivity index (χ2v) is 5.02. The van der Waals surface area contributed by atoms with Gasteiger partial charge in [0.15, 0.2) is 0 Å². The number of nitro groups is 1. The van der Waals surface area contributed by atoms with Gasteiger partial charge < -0.3 is 4.74 Å². The van der Waals surface area contributed by atoms with Crippen LogP contribution in [0.25, 0.3) is 0 Å². The van der Waals surface area contributed by atoms with E-state index in [0.717, 1.165) is 11.6 Å². The third-order valence-corrected chi connectivity index (χ3v) is 3.40. The van der Waals surface area contributed by atoms with Crippen molar-refractivity contribution in [1.29, 1.82) is 5.26 Å². The molecule has 0 aromatic heterocycles. The van der Waals surface area contributed by atoms with Crippen molar-refractivity contribution in [2.24, 2.45) is 0 Å². The Morgan fingerprint density at radius 3 is 2.48 bits per heavy atom. The van der Waals surface area contributed by atoms with Gasteiger partial charge in [0.2, 0.25) is 5.75 Å². The van der Waals surface area contributed by atoms with E-state index in [2.05, 4.69) is 0 Å². The summed E-state index contributed by atoms with van der Waals surface area (Å²) in [5.41, 5.74) is 0.826. The van der Waals surface area contributed by atoms with Gasteiger partial charge in [0, 0.05) is 12.1 Å². The SMILES string of the molecule is Cc1ccc(Oc2cc(Cl)c(Cl)cc2[N+](=O)[O-])c(C#N)c1. The molecule has 5 nitrogen and oxygen atoms in total. The van der Waals surface area contributed by atoms with Crippen LogP contribution >= 0.6 is 23.2 Å². The fourth-order valence-electron chi connectivity index (χ4n) is 1.68. The van der Waals surface area contributed by atoms with Crippen LogP contribution < -0.4 is 4.74 Å². The van der Waals surface area contributed by atoms with Crippen LogP contribution in [-0.2, 0) is 0 Å². The van der Waals surface area contributed by atoms with Crippen LogP contribution in [0.3, 0.4) is 0 Å². The molecule has 0 aliphatic heterocycles. The summed E-state index contributed by atoms with van der Waals surface area (Å²) in [7, 11) is 0. The van der Waals surface area contributed by atoms with Crippen LogP contribution in [0.1, 0.15) is 11.1 Å². The van der Waals surface area contributed by atoms with E-state index in [-0.39, 0.29) is 32.8 Å². The van der Waals surface area contributed by atoms with Crippen molar-refractivity contribution in [1.82, 2.24) is 0 Å². The molecule has 0 amide bonds. The Labute approximate surface area is 130 Å². The molecular weight excluding hydrogens is 315 g/mol. The van der Waals surface area contributed by atoms with Crippen LogP contribution in [0.4, 0.5) is 5.69 Å². The number of ether oxygens (including phenoxy) is 1. The molecule has 0 bridgehead atoms. The summed E-state index contributed by atoms with van der Waals surface area (Å²) in [6, 6.07) is 9.27. The predicted molar refractivity (Wildman–Crippen MR) is 79.1 cm³/mol. The fraction of sp³-hybridized carbons (Fsp3) is 0.0714. The molecule has 0 unspecified atom stereocenters. The van der Waals surface area contributed by atoms with Crippen molar-refractivity contribution in [3.05, 3.63) is 61.6 Å². The van der Waals surface area contributed by atoms with Crippen LogP contribution in [0, 0.1) is 28.4 Å².